The van der Waals surface area contributed by atoms with Crippen molar-refractivity contribution in [2.75, 3.05) is 11.4 Å². The van der Waals surface area contributed by atoms with E-state index in [1.165, 1.54) is 36.9 Å². The third-order valence-electron chi connectivity index (χ3n) is 4.42. The van der Waals surface area contributed by atoms with E-state index in [1.807, 2.05) is 6.07 Å². The maximum Gasteiger partial charge on any atom is 0.0426 e. The second kappa shape index (κ2) is 7.33. The number of hydrogen-bond acceptors (Lipinski definition) is 2. The smallest absolute Gasteiger partial charge is 0.0426 e. The quantitative estimate of drug-likeness (QED) is 0.892. The Labute approximate surface area is 128 Å². The predicted octanol–water partition coefficient (Wildman–Crippen LogP) is 4.39. The van der Waals surface area contributed by atoms with Gasteiger partial charge in [-0.3, -0.25) is 0 Å². The van der Waals surface area contributed by atoms with Crippen molar-refractivity contribution in [3.8, 4) is 0 Å². The monoisotopic (exact) mass is 294 g/mol. The molecule has 1 aromatic carbocycles. The van der Waals surface area contributed by atoms with Crippen LogP contribution in [0.15, 0.2) is 18.2 Å². The lowest BCUT2D eigenvalue weighted by molar-refractivity contribution is 0.607. The molecule has 1 aliphatic heterocycles. The van der Waals surface area contributed by atoms with Crippen molar-refractivity contribution in [2.45, 2.75) is 64.5 Å². The molecule has 1 aromatic rings. The van der Waals surface area contributed by atoms with Crippen LogP contribution >= 0.6 is 11.6 Å². The van der Waals surface area contributed by atoms with Gasteiger partial charge in [0, 0.05) is 29.3 Å². The van der Waals surface area contributed by atoms with E-state index in [0.717, 1.165) is 24.4 Å². The van der Waals surface area contributed by atoms with Crippen molar-refractivity contribution in [3.05, 3.63) is 28.8 Å². The Balaban J connectivity index is 2.29. The molecule has 0 spiro atoms. The van der Waals surface area contributed by atoms with Crippen LogP contribution in [0.4, 0.5) is 5.69 Å². The van der Waals surface area contributed by atoms with Crippen LogP contribution in [0, 0.1) is 0 Å². The molecule has 3 heteroatoms. The van der Waals surface area contributed by atoms with Crippen molar-refractivity contribution in [1.82, 2.24) is 0 Å². The molecule has 1 heterocycles. The Hall–Kier alpha value is -0.730. The molecule has 0 amide bonds. The lowest BCUT2D eigenvalue weighted by Gasteiger charge is -2.32. The van der Waals surface area contributed by atoms with Gasteiger partial charge in [-0.1, -0.05) is 37.4 Å². The third kappa shape index (κ3) is 3.89. The summed E-state index contributed by atoms with van der Waals surface area (Å²) >= 11 is 6.24. The summed E-state index contributed by atoms with van der Waals surface area (Å²) in [4.78, 5) is 2.54. The van der Waals surface area contributed by atoms with Crippen LogP contribution in [0.5, 0.6) is 0 Å². The zero-order chi connectivity index (χ0) is 14.5. The van der Waals surface area contributed by atoms with Gasteiger partial charge in [0.05, 0.1) is 0 Å². The SMILES string of the molecule is CCC(N)Cc1ccc(Cl)cc1N1CCCCCC1C. The van der Waals surface area contributed by atoms with E-state index in [4.69, 9.17) is 17.3 Å². The van der Waals surface area contributed by atoms with Crippen LogP contribution in [-0.2, 0) is 6.42 Å². The second-order valence-electron chi connectivity index (χ2n) is 6.04. The first kappa shape index (κ1) is 15.7. The Morgan fingerprint density at radius 2 is 2.15 bits per heavy atom. The molecular formula is C17H27ClN2. The third-order valence-corrected chi connectivity index (χ3v) is 4.65. The van der Waals surface area contributed by atoms with Crippen LogP contribution in [0.2, 0.25) is 5.02 Å². The molecule has 0 bridgehead atoms. The number of halogens is 1. The summed E-state index contributed by atoms with van der Waals surface area (Å²) in [7, 11) is 0. The molecule has 2 N–H and O–H groups in total. The predicted molar refractivity (Wildman–Crippen MR) is 88.7 cm³/mol. The Kier molecular flexibility index (Phi) is 5.74. The lowest BCUT2D eigenvalue weighted by Crippen LogP contribution is -2.34. The highest BCUT2D eigenvalue weighted by molar-refractivity contribution is 6.30. The van der Waals surface area contributed by atoms with Gasteiger partial charge in [0.1, 0.15) is 0 Å². The van der Waals surface area contributed by atoms with Crippen LogP contribution in [0.25, 0.3) is 0 Å². The molecule has 112 valence electrons. The summed E-state index contributed by atoms with van der Waals surface area (Å²) in [6.45, 7) is 5.61. The summed E-state index contributed by atoms with van der Waals surface area (Å²) in [5.41, 5.74) is 8.80. The van der Waals surface area contributed by atoms with Gasteiger partial charge in [0.15, 0.2) is 0 Å². The molecular weight excluding hydrogens is 268 g/mol. The highest BCUT2D eigenvalue weighted by atomic mass is 35.5. The summed E-state index contributed by atoms with van der Waals surface area (Å²) in [5.74, 6) is 0. The fourth-order valence-electron chi connectivity index (χ4n) is 3.04. The first-order valence-corrected chi connectivity index (χ1v) is 8.30. The zero-order valence-electron chi connectivity index (χ0n) is 12.7. The van der Waals surface area contributed by atoms with Crippen LogP contribution < -0.4 is 10.6 Å². The van der Waals surface area contributed by atoms with Gasteiger partial charge in [-0.15, -0.1) is 0 Å². The van der Waals surface area contributed by atoms with E-state index in [0.29, 0.717) is 6.04 Å². The van der Waals surface area contributed by atoms with Crippen molar-refractivity contribution in [1.29, 1.82) is 0 Å². The first-order valence-electron chi connectivity index (χ1n) is 7.92. The highest BCUT2D eigenvalue weighted by Crippen LogP contribution is 2.30. The maximum atomic E-state index is 6.24. The molecule has 2 unspecified atom stereocenters. The van der Waals surface area contributed by atoms with E-state index < -0.39 is 0 Å². The Morgan fingerprint density at radius 3 is 2.90 bits per heavy atom. The van der Waals surface area contributed by atoms with Crippen LogP contribution in [0.1, 0.15) is 51.5 Å². The minimum absolute atomic E-state index is 0.234. The molecule has 2 rings (SSSR count). The van der Waals surface area contributed by atoms with Gasteiger partial charge in [-0.05, 0) is 50.3 Å². The van der Waals surface area contributed by atoms with Crippen molar-refractivity contribution < 1.29 is 0 Å². The van der Waals surface area contributed by atoms with E-state index in [1.54, 1.807) is 0 Å². The normalized spacial score (nSPS) is 21.6. The number of benzene rings is 1. The number of hydrogen-bond donors (Lipinski definition) is 1. The molecule has 0 radical (unpaired) electrons. The Morgan fingerprint density at radius 1 is 1.35 bits per heavy atom. The topological polar surface area (TPSA) is 29.3 Å². The van der Waals surface area contributed by atoms with Crippen molar-refractivity contribution in [3.63, 3.8) is 0 Å². The first-order chi connectivity index (χ1) is 9.61. The van der Waals surface area contributed by atoms with E-state index in [2.05, 4.69) is 30.9 Å². The largest absolute Gasteiger partial charge is 0.369 e. The number of nitrogens with two attached hydrogens (primary N) is 1. The molecule has 0 aliphatic carbocycles. The molecule has 1 aliphatic rings. The molecule has 0 aromatic heterocycles. The molecule has 1 fully saturated rings. The fourth-order valence-corrected chi connectivity index (χ4v) is 3.20. The molecule has 1 saturated heterocycles. The van der Waals surface area contributed by atoms with E-state index in [9.17, 15) is 0 Å². The second-order valence-corrected chi connectivity index (χ2v) is 6.47. The summed E-state index contributed by atoms with van der Waals surface area (Å²) < 4.78 is 0. The number of anilines is 1. The zero-order valence-corrected chi connectivity index (χ0v) is 13.5. The average molecular weight is 295 g/mol. The van der Waals surface area contributed by atoms with E-state index in [-0.39, 0.29) is 6.04 Å². The van der Waals surface area contributed by atoms with Gasteiger partial charge in [0.25, 0.3) is 0 Å². The van der Waals surface area contributed by atoms with Gasteiger partial charge in [-0.2, -0.15) is 0 Å². The highest BCUT2D eigenvalue weighted by Gasteiger charge is 2.20. The lowest BCUT2D eigenvalue weighted by atomic mass is 10.0. The van der Waals surface area contributed by atoms with Gasteiger partial charge < -0.3 is 10.6 Å². The summed E-state index contributed by atoms with van der Waals surface area (Å²) in [6.07, 6.45) is 7.17. The van der Waals surface area contributed by atoms with Crippen LogP contribution in [-0.4, -0.2) is 18.6 Å². The van der Waals surface area contributed by atoms with Gasteiger partial charge in [-0.25, -0.2) is 0 Å². The minimum atomic E-state index is 0.234. The number of nitrogens with zero attached hydrogens (tertiary/aromatic N) is 1. The number of rotatable bonds is 4. The minimum Gasteiger partial charge on any atom is -0.369 e. The molecule has 2 nitrogen and oxygen atoms in total. The summed E-state index contributed by atoms with van der Waals surface area (Å²) in [6, 6.07) is 7.10. The maximum absolute atomic E-state index is 6.24. The van der Waals surface area contributed by atoms with E-state index >= 15 is 0 Å². The van der Waals surface area contributed by atoms with Crippen LogP contribution in [0.3, 0.4) is 0 Å². The molecule has 0 saturated carbocycles. The fraction of sp³-hybridized carbons (Fsp3) is 0.647. The molecule has 2 atom stereocenters. The standard InChI is InChI=1S/C17H27ClN2/c1-3-16(19)11-14-8-9-15(18)12-17(14)20-10-6-4-5-7-13(20)2/h8-9,12-13,16H,3-7,10-11,19H2,1-2H3. The average Bonchev–Trinajstić information content (AvgIpc) is 2.65. The van der Waals surface area contributed by atoms with Gasteiger partial charge in [0.2, 0.25) is 0 Å². The Bertz CT molecular complexity index is 433. The summed E-state index contributed by atoms with van der Waals surface area (Å²) in [5, 5.41) is 0.824. The van der Waals surface area contributed by atoms with Crippen molar-refractivity contribution in [2.24, 2.45) is 5.73 Å². The van der Waals surface area contributed by atoms with Crippen molar-refractivity contribution >= 4 is 17.3 Å². The molecule has 20 heavy (non-hydrogen) atoms. The van der Waals surface area contributed by atoms with Gasteiger partial charge >= 0.3 is 0 Å².